The van der Waals surface area contributed by atoms with Crippen LogP contribution in [0.4, 0.5) is 0 Å². The van der Waals surface area contributed by atoms with Gasteiger partial charge in [-0.1, -0.05) is 6.92 Å². The molecular weight excluding hydrogens is 269 g/mol. The zero-order valence-corrected chi connectivity index (χ0v) is 11.8. The molecule has 1 aromatic rings. The van der Waals surface area contributed by atoms with Crippen molar-refractivity contribution in [2.75, 3.05) is 6.61 Å². The number of hydrogen-bond acceptors (Lipinski definition) is 1. The third-order valence-electron chi connectivity index (χ3n) is 1.16. The third-order valence-corrected chi connectivity index (χ3v) is 1.16. The Labute approximate surface area is 90.5 Å². The van der Waals surface area contributed by atoms with Crippen LogP contribution in [0.3, 0.4) is 0 Å². The average Bonchev–Trinajstić information content (AvgIpc) is 2.19. The summed E-state index contributed by atoms with van der Waals surface area (Å²) >= 11 is 4.25. The minimum absolute atomic E-state index is 0.796. The summed E-state index contributed by atoms with van der Waals surface area (Å²) < 4.78 is 5.34. The van der Waals surface area contributed by atoms with Gasteiger partial charge in [0.05, 0.1) is 6.61 Å². The maximum atomic E-state index is 5.34. The maximum absolute atomic E-state index is 5.34. The zero-order chi connectivity index (χ0) is 9.23. The molecule has 0 amide bonds. The van der Waals surface area contributed by atoms with Gasteiger partial charge in [-0.2, -0.15) is 18.2 Å². The summed E-state index contributed by atoms with van der Waals surface area (Å²) in [6.45, 7) is 2.89. The van der Waals surface area contributed by atoms with Gasteiger partial charge in [-0.15, -0.1) is 12.1 Å². The van der Waals surface area contributed by atoms with E-state index in [1.807, 2.05) is 24.3 Å². The summed E-state index contributed by atoms with van der Waals surface area (Å²) in [6, 6.07) is 10.5. The van der Waals surface area contributed by atoms with Gasteiger partial charge >= 0.3 is 30.0 Å². The third kappa shape index (κ3) is 5.73. The molecular formula is C9H11BrOZn. The molecule has 0 aliphatic carbocycles. The molecule has 0 fully saturated rings. The molecule has 0 atom stereocenters. The van der Waals surface area contributed by atoms with Gasteiger partial charge in [0.1, 0.15) is 0 Å². The predicted octanol–water partition coefficient (Wildman–Crippen LogP) is 3.12. The molecule has 0 aliphatic heterocycles. The Morgan fingerprint density at radius 1 is 1.42 bits per heavy atom. The molecule has 0 bridgehead atoms. The van der Waals surface area contributed by atoms with Crippen LogP contribution in [0.2, 0.25) is 0 Å². The van der Waals surface area contributed by atoms with Crippen molar-refractivity contribution in [1.29, 1.82) is 0 Å². The van der Waals surface area contributed by atoms with E-state index in [9.17, 15) is 0 Å². The first kappa shape index (κ1) is 12.1. The van der Waals surface area contributed by atoms with Gasteiger partial charge in [0, 0.05) is 5.75 Å². The minimum atomic E-state index is 0.796. The first-order valence-electron chi connectivity index (χ1n) is 3.79. The van der Waals surface area contributed by atoms with E-state index in [0.717, 1.165) is 18.8 Å². The predicted molar refractivity (Wildman–Crippen MR) is 50.0 cm³/mol. The van der Waals surface area contributed by atoms with Crippen molar-refractivity contribution in [1.82, 2.24) is 0 Å². The number of halogens is 1. The summed E-state index contributed by atoms with van der Waals surface area (Å²) in [5, 5.41) is 0. The number of benzene rings is 1. The quantitative estimate of drug-likeness (QED) is 0.610. The van der Waals surface area contributed by atoms with E-state index in [4.69, 9.17) is 4.74 Å². The van der Waals surface area contributed by atoms with E-state index >= 15 is 0 Å². The summed E-state index contributed by atoms with van der Waals surface area (Å²) in [5.74, 6) is 0.931. The fourth-order valence-corrected chi connectivity index (χ4v) is 0.688. The van der Waals surface area contributed by atoms with Crippen LogP contribution in [-0.4, -0.2) is 6.61 Å². The van der Waals surface area contributed by atoms with E-state index in [1.165, 1.54) is 16.3 Å². The number of rotatable bonds is 3. The Morgan fingerprint density at radius 2 is 2.00 bits per heavy atom. The fourth-order valence-electron chi connectivity index (χ4n) is 0.688. The van der Waals surface area contributed by atoms with Gasteiger partial charge in [-0.25, -0.2) is 0 Å². The number of hydrogen-bond donors (Lipinski definition) is 0. The summed E-state index contributed by atoms with van der Waals surface area (Å²) in [7, 11) is 0. The molecule has 0 unspecified atom stereocenters. The van der Waals surface area contributed by atoms with Crippen LogP contribution in [0.5, 0.6) is 5.75 Å². The number of ether oxygens (including phenoxy) is 1. The van der Waals surface area contributed by atoms with Gasteiger partial charge in [-0.05, 0) is 6.42 Å². The molecule has 0 saturated carbocycles. The van der Waals surface area contributed by atoms with E-state index in [-0.39, 0.29) is 0 Å². The molecule has 1 rings (SSSR count). The van der Waals surface area contributed by atoms with Crippen LogP contribution >= 0.6 is 13.6 Å². The van der Waals surface area contributed by atoms with Crippen molar-refractivity contribution < 1.29 is 21.1 Å². The molecule has 62 valence electrons. The topological polar surface area (TPSA) is 9.23 Å². The summed E-state index contributed by atoms with van der Waals surface area (Å²) in [6.07, 6.45) is 1.05. The van der Waals surface area contributed by atoms with Crippen molar-refractivity contribution in [2.24, 2.45) is 0 Å². The van der Waals surface area contributed by atoms with E-state index < -0.39 is 0 Å². The Hall–Kier alpha value is 0.123. The molecule has 12 heavy (non-hydrogen) atoms. The molecule has 0 saturated heterocycles. The second-order valence-corrected chi connectivity index (χ2v) is 2.08. The monoisotopic (exact) mass is 278 g/mol. The van der Waals surface area contributed by atoms with Crippen LogP contribution in [0.15, 0.2) is 24.3 Å². The van der Waals surface area contributed by atoms with Gasteiger partial charge in [-0.3, -0.25) is 0 Å². The van der Waals surface area contributed by atoms with Crippen molar-refractivity contribution >= 4 is 13.6 Å². The Morgan fingerprint density at radius 3 is 2.50 bits per heavy atom. The molecule has 0 N–H and O–H groups in total. The average molecular weight is 280 g/mol. The van der Waals surface area contributed by atoms with E-state index in [2.05, 4.69) is 26.6 Å². The molecule has 0 aromatic heterocycles. The molecule has 0 aliphatic rings. The SMILES string of the molecule is CCCOc1cc[c-]cc1.[Zn+][Br]. The first-order chi connectivity index (χ1) is 5.93. The van der Waals surface area contributed by atoms with Crippen molar-refractivity contribution in [3.63, 3.8) is 0 Å². The van der Waals surface area contributed by atoms with Gasteiger partial charge in [0.2, 0.25) is 0 Å². The second-order valence-electron chi connectivity index (χ2n) is 2.08. The Balaban J connectivity index is 0.000000561. The molecule has 1 nitrogen and oxygen atoms in total. The molecule has 0 heterocycles. The molecule has 0 spiro atoms. The second kappa shape index (κ2) is 9.21. The standard InChI is InChI=1S/C9H11O.BrH.Zn/c1-2-8-10-9-6-4-3-5-7-9;;/h4-7H,2,8H2,1H3;1H;/q-1;;+2/p-1. The Bertz CT molecular complexity index is 179. The normalized spacial score (nSPS) is 8.33. The fraction of sp³-hybridized carbons (Fsp3) is 0.333. The van der Waals surface area contributed by atoms with Gasteiger partial charge in [0.25, 0.3) is 0 Å². The van der Waals surface area contributed by atoms with Crippen LogP contribution in [0, 0.1) is 6.07 Å². The molecule has 1 aromatic carbocycles. The van der Waals surface area contributed by atoms with E-state index in [1.54, 1.807) is 0 Å². The molecule has 3 heteroatoms. The van der Waals surface area contributed by atoms with Gasteiger partial charge < -0.3 is 4.74 Å². The van der Waals surface area contributed by atoms with Crippen LogP contribution in [0.1, 0.15) is 13.3 Å². The summed E-state index contributed by atoms with van der Waals surface area (Å²) in [5.41, 5.74) is 0. The van der Waals surface area contributed by atoms with Crippen molar-refractivity contribution in [3.05, 3.63) is 30.3 Å². The van der Waals surface area contributed by atoms with Crippen molar-refractivity contribution in [3.8, 4) is 5.75 Å². The van der Waals surface area contributed by atoms with Crippen LogP contribution in [-0.2, 0) is 16.3 Å². The summed E-state index contributed by atoms with van der Waals surface area (Å²) in [4.78, 5) is 0. The van der Waals surface area contributed by atoms with Crippen LogP contribution in [0.25, 0.3) is 0 Å². The first-order valence-corrected chi connectivity index (χ1v) is 10.7. The Kier molecular flexibility index (Phi) is 9.31. The van der Waals surface area contributed by atoms with Crippen molar-refractivity contribution in [2.45, 2.75) is 13.3 Å². The molecule has 0 radical (unpaired) electrons. The van der Waals surface area contributed by atoms with Gasteiger partial charge in [0.15, 0.2) is 0 Å². The zero-order valence-electron chi connectivity index (χ0n) is 7.22. The van der Waals surface area contributed by atoms with Crippen LogP contribution < -0.4 is 4.74 Å². The van der Waals surface area contributed by atoms with E-state index in [0.29, 0.717) is 0 Å².